The number of Topliss-reactive ketones (excluding diaryl/α,β-unsaturated/α-hetero) is 1. The van der Waals surface area contributed by atoms with Crippen molar-refractivity contribution < 1.29 is 19.1 Å². The molecule has 1 saturated heterocycles. The summed E-state index contributed by atoms with van der Waals surface area (Å²) in [6, 6.07) is 21.1. The SMILES string of the molecule is Cc1ccc(C(O)=C2C(=O)C(=O)N(Cc3ccccc3)C2c2ccccc2F)cc1. The molecule has 0 aromatic heterocycles. The second kappa shape index (κ2) is 7.95. The van der Waals surface area contributed by atoms with E-state index in [-0.39, 0.29) is 23.4 Å². The van der Waals surface area contributed by atoms with Crippen LogP contribution in [0.4, 0.5) is 4.39 Å². The predicted molar refractivity (Wildman–Crippen MR) is 112 cm³/mol. The highest BCUT2D eigenvalue weighted by atomic mass is 19.1. The standard InChI is InChI=1S/C25H20FNO3/c1-16-11-13-18(14-12-16)23(28)21-22(19-9-5-6-10-20(19)26)27(25(30)24(21)29)15-17-7-3-2-4-8-17/h2-14,22,28H,15H2,1H3. The first-order valence-corrected chi connectivity index (χ1v) is 9.61. The number of amides is 1. The molecule has 1 aliphatic heterocycles. The minimum Gasteiger partial charge on any atom is -0.507 e. The van der Waals surface area contributed by atoms with Gasteiger partial charge in [-0.1, -0.05) is 78.4 Å². The van der Waals surface area contributed by atoms with Crippen molar-refractivity contribution in [2.45, 2.75) is 19.5 Å². The molecule has 0 bridgehead atoms. The first-order valence-electron chi connectivity index (χ1n) is 9.61. The molecule has 0 saturated carbocycles. The minimum absolute atomic E-state index is 0.107. The Morgan fingerprint density at radius 2 is 1.57 bits per heavy atom. The van der Waals surface area contributed by atoms with E-state index in [4.69, 9.17) is 0 Å². The number of hydrogen-bond donors (Lipinski definition) is 1. The quantitative estimate of drug-likeness (QED) is 0.390. The fourth-order valence-corrected chi connectivity index (χ4v) is 3.71. The third kappa shape index (κ3) is 3.50. The average molecular weight is 401 g/mol. The Bertz CT molecular complexity index is 1140. The summed E-state index contributed by atoms with van der Waals surface area (Å²) >= 11 is 0. The minimum atomic E-state index is -1.02. The molecule has 0 spiro atoms. The van der Waals surface area contributed by atoms with Crippen LogP contribution in [-0.4, -0.2) is 21.7 Å². The van der Waals surface area contributed by atoms with Crippen molar-refractivity contribution in [2.24, 2.45) is 0 Å². The van der Waals surface area contributed by atoms with E-state index in [1.54, 1.807) is 36.4 Å². The molecule has 1 atom stereocenters. The highest BCUT2D eigenvalue weighted by Gasteiger charge is 2.46. The number of carbonyl (C=O) groups excluding carboxylic acids is 2. The second-order valence-corrected chi connectivity index (χ2v) is 7.30. The lowest BCUT2D eigenvalue weighted by Gasteiger charge is -2.25. The highest BCUT2D eigenvalue weighted by molar-refractivity contribution is 6.46. The molecule has 4 nitrogen and oxygen atoms in total. The molecule has 1 amide bonds. The Morgan fingerprint density at radius 3 is 2.23 bits per heavy atom. The van der Waals surface area contributed by atoms with E-state index in [9.17, 15) is 19.1 Å². The van der Waals surface area contributed by atoms with Gasteiger partial charge in [0.2, 0.25) is 0 Å². The van der Waals surface area contributed by atoms with E-state index in [0.29, 0.717) is 5.56 Å². The molecule has 1 fully saturated rings. The van der Waals surface area contributed by atoms with E-state index >= 15 is 0 Å². The lowest BCUT2D eigenvalue weighted by Crippen LogP contribution is -2.29. The molecular weight excluding hydrogens is 381 g/mol. The van der Waals surface area contributed by atoms with Gasteiger partial charge in [-0.3, -0.25) is 9.59 Å². The third-order valence-corrected chi connectivity index (χ3v) is 5.26. The largest absolute Gasteiger partial charge is 0.507 e. The Hall–Kier alpha value is -3.73. The van der Waals surface area contributed by atoms with Crippen molar-refractivity contribution in [3.05, 3.63) is 113 Å². The molecule has 3 aromatic rings. The molecule has 5 heteroatoms. The molecule has 1 aliphatic rings. The predicted octanol–water partition coefficient (Wildman–Crippen LogP) is 4.76. The summed E-state index contributed by atoms with van der Waals surface area (Å²) in [7, 11) is 0. The third-order valence-electron chi connectivity index (χ3n) is 5.26. The van der Waals surface area contributed by atoms with Gasteiger partial charge in [-0.15, -0.1) is 0 Å². The van der Waals surface area contributed by atoms with Crippen molar-refractivity contribution in [1.82, 2.24) is 4.90 Å². The van der Waals surface area contributed by atoms with Crippen LogP contribution in [0.3, 0.4) is 0 Å². The Kier molecular flexibility index (Phi) is 5.19. The van der Waals surface area contributed by atoms with Crippen LogP contribution in [0.2, 0.25) is 0 Å². The molecular formula is C25H20FNO3. The van der Waals surface area contributed by atoms with Crippen LogP contribution in [-0.2, 0) is 16.1 Å². The van der Waals surface area contributed by atoms with Gasteiger partial charge < -0.3 is 10.0 Å². The number of halogens is 1. The normalized spacial score (nSPS) is 18.1. The smallest absolute Gasteiger partial charge is 0.295 e. The van der Waals surface area contributed by atoms with Gasteiger partial charge in [0.1, 0.15) is 11.6 Å². The Morgan fingerprint density at radius 1 is 0.933 bits per heavy atom. The van der Waals surface area contributed by atoms with Crippen molar-refractivity contribution in [1.29, 1.82) is 0 Å². The lowest BCUT2D eigenvalue weighted by molar-refractivity contribution is -0.140. The zero-order valence-corrected chi connectivity index (χ0v) is 16.4. The number of aryl methyl sites for hydroxylation is 1. The van der Waals surface area contributed by atoms with Gasteiger partial charge >= 0.3 is 0 Å². The van der Waals surface area contributed by atoms with Gasteiger partial charge in [0, 0.05) is 17.7 Å². The van der Waals surface area contributed by atoms with Crippen LogP contribution < -0.4 is 0 Å². The summed E-state index contributed by atoms with van der Waals surface area (Å²) in [4.78, 5) is 27.2. The highest BCUT2D eigenvalue weighted by Crippen LogP contribution is 2.41. The van der Waals surface area contributed by atoms with E-state index in [2.05, 4.69) is 0 Å². The summed E-state index contributed by atoms with van der Waals surface area (Å²) in [6.45, 7) is 2.02. The molecule has 0 radical (unpaired) electrons. The van der Waals surface area contributed by atoms with E-state index in [1.807, 2.05) is 37.3 Å². The maximum atomic E-state index is 14.7. The number of aliphatic hydroxyl groups excluding tert-OH is 1. The molecule has 1 unspecified atom stereocenters. The number of aliphatic hydroxyl groups is 1. The molecule has 1 N–H and O–H groups in total. The van der Waals surface area contributed by atoms with Gasteiger partial charge in [0.15, 0.2) is 0 Å². The van der Waals surface area contributed by atoms with Gasteiger partial charge in [-0.2, -0.15) is 0 Å². The maximum Gasteiger partial charge on any atom is 0.295 e. The van der Waals surface area contributed by atoms with Gasteiger partial charge in [0.25, 0.3) is 11.7 Å². The number of carbonyl (C=O) groups is 2. The lowest BCUT2D eigenvalue weighted by atomic mass is 9.94. The van der Waals surface area contributed by atoms with Crippen molar-refractivity contribution in [2.75, 3.05) is 0 Å². The fourth-order valence-electron chi connectivity index (χ4n) is 3.71. The van der Waals surface area contributed by atoms with Gasteiger partial charge in [0.05, 0.1) is 11.6 Å². The first kappa shape index (κ1) is 19.6. The van der Waals surface area contributed by atoms with Crippen LogP contribution in [0, 0.1) is 12.7 Å². The van der Waals surface area contributed by atoms with E-state index < -0.39 is 23.5 Å². The van der Waals surface area contributed by atoms with Crippen molar-refractivity contribution >= 4 is 17.4 Å². The van der Waals surface area contributed by atoms with Gasteiger partial charge in [-0.25, -0.2) is 4.39 Å². The van der Waals surface area contributed by atoms with Crippen molar-refractivity contribution in [3.8, 4) is 0 Å². The Labute approximate surface area is 173 Å². The summed E-state index contributed by atoms with van der Waals surface area (Å²) in [5.74, 6) is -2.44. The number of likely N-dealkylation sites (tertiary alicyclic amines) is 1. The molecule has 1 heterocycles. The molecule has 0 aliphatic carbocycles. The summed E-state index contributed by atoms with van der Waals surface area (Å²) in [5.41, 5.74) is 2.25. The average Bonchev–Trinajstić information content (AvgIpc) is 3.00. The topological polar surface area (TPSA) is 57.6 Å². The number of rotatable bonds is 4. The number of benzene rings is 3. The molecule has 150 valence electrons. The van der Waals surface area contributed by atoms with Crippen molar-refractivity contribution in [3.63, 3.8) is 0 Å². The molecule has 4 rings (SSSR count). The summed E-state index contributed by atoms with van der Waals surface area (Å²) in [6.07, 6.45) is 0. The van der Waals surface area contributed by atoms with Gasteiger partial charge in [-0.05, 0) is 18.6 Å². The zero-order chi connectivity index (χ0) is 21.3. The van der Waals surface area contributed by atoms with Crippen LogP contribution in [0.15, 0.2) is 84.4 Å². The fraction of sp³-hybridized carbons (Fsp3) is 0.120. The number of ketones is 1. The van der Waals surface area contributed by atoms with E-state index in [1.165, 1.54) is 17.0 Å². The van der Waals surface area contributed by atoms with Crippen LogP contribution in [0.25, 0.3) is 5.76 Å². The second-order valence-electron chi connectivity index (χ2n) is 7.30. The monoisotopic (exact) mass is 401 g/mol. The van der Waals surface area contributed by atoms with Crippen LogP contribution >= 0.6 is 0 Å². The van der Waals surface area contributed by atoms with E-state index in [0.717, 1.165) is 11.1 Å². The molecule has 30 heavy (non-hydrogen) atoms. The Balaban J connectivity index is 1.88. The summed E-state index contributed by atoms with van der Waals surface area (Å²) in [5, 5.41) is 11.0. The van der Waals surface area contributed by atoms with Crippen LogP contribution in [0.5, 0.6) is 0 Å². The van der Waals surface area contributed by atoms with Crippen LogP contribution in [0.1, 0.15) is 28.3 Å². The number of hydrogen-bond acceptors (Lipinski definition) is 3. The molecule has 3 aromatic carbocycles. The zero-order valence-electron chi connectivity index (χ0n) is 16.4. The maximum absolute atomic E-state index is 14.7. The summed E-state index contributed by atoms with van der Waals surface area (Å²) < 4.78 is 14.7. The number of nitrogens with zero attached hydrogens (tertiary/aromatic N) is 1. The first-order chi connectivity index (χ1) is 14.5.